The van der Waals surface area contributed by atoms with E-state index < -0.39 is 0 Å². The number of nitrogens with two attached hydrogens (primary N) is 1. The van der Waals surface area contributed by atoms with E-state index in [1.165, 1.54) is 5.56 Å². The Morgan fingerprint density at radius 2 is 1.74 bits per heavy atom. The number of hydrogen-bond acceptors (Lipinski definition) is 5. The quantitative estimate of drug-likeness (QED) is 0.841. The van der Waals surface area contributed by atoms with Crippen LogP contribution in [0, 0.1) is 6.92 Å². The lowest BCUT2D eigenvalue weighted by Crippen LogP contribution is -2.49. The molecule has 0 aliphatic carbocycles. The monoisotopic (exact) mass is 365 g/mol. The third-order valence-electron chi connectivity index (χ3n) is 4.80. The number of aromatic nitrogens is 1. The van der Waals surface area contributed by atoms with Gasteiger partial charge in [-0.3, -0.25) is 9.78 Å². The Morgan fingerprint density at radius 1 is 1.11 bits per heavy atom. The molecule has 0 bridgehead atoms. The molecule has 0 radical (unpaired) electrons. The number of piperazine rings is 1. The summed E-state index contributed by atoms with van der Waals surface area (Å²) in [6.45, 7) is 5.50. The summed E-state index contributed by atoms with van der Waals surface area (Å²) in [7, 11) is 1.91. The van der Waals surface area contributed by atoms with Crippen LogP contribution in [0.4, 0.5) is 0 Å². The SMILES string of the molecule is Cc1ccc(/C(N)=C(\c2ccncc2)N(C)CC(=O)N2CCNCC2)cc1. The first-order valence-corrected chi connectivity index (χ1v) is 9.23. The molecule has 0 atom stereocenters. The van der Waals surface area contributed by atoms with Gasteiger partial charge in [-0.1, -0.05) is 29.8 Å². The van der Waals surface area contributed by atoms with Gasteiger partial charge in [-0.2, -0.15) is 0 Å². The molecule has 142 valence electrons. The van der Waals surface area contributed by atoms with Gasteiger partial charge in [0.2, 0.25) is 5.91 Å². The molecule has 1 saturated heterocycles. The van der Waals surface area contributed by atoms with Crippen LogP contribution >= 0.6 is 0 Å². The minimum Gasteiger partial charge on any atom is -0.397 e. The van der Waals surface area contributed by atoms with Gasteiger partial charge in [0.05, 0.1) is 17.9 Å². The number of hydrogen-bond donors (Lipinski definition) is 2. The summed E-state index contributed by atoms with van der Waals surface area (Å²) in [5.41, 5.74) is 11.1. The summed E-state index contributed by atoms with van der Waals surface area (Å²) in [5, 5.41) is 3.27. The number of nitrogens with zero attached hydrogens (tertiary/aromatic N) is 3. The molecule has 3 rings (SSSR count). The van der Waals surface area contributed by atoms with Crippen LogP contribution in [0.25, 0.3) is 11.4 Å². The van der Waals surface area contributed by atoms with Crippen molar-refractivity contribution in [2.75, 3.05) is 39.8 Å². The molecule has 1 aliphatic rings. The van der Waals surface area contributed by atoms with Crippen LogP contribution in [-0.4, -0.2) is 60.5 Å². The molecule has 0 saturated carbocycles. The number of carbonyl (C=O) groups is 1. The van der Waals surface area contributed by atoms with E-state index in [9.17, 15) is 4.79 Å². The molecular weight excluding hydrogens is 338 g/mol. The van der Waals surface area contributed by atoms with Crippen LogP contribution < -0.4 is 11.1 Å². The molecule has 1 aromatic carbocycles. The highest BCUT2D eigenvalue weighted by Crippen LogP contribution is 2.25. The predicted octanol–water partition coefficient (Wildman–Crippen LogP) is 1.54. The van der Waals surface area contributed by atoms with Crippen LogP contribution in [0.15, 0.2) is 48.8 Å². The maximum Gasteiger partial charge on any atom is 0.242 e. The lowest BCUT2D eigenvalue weighted by atomic mass is 10.0. The Balaban J connectivity index is 1.91. The molecular formula is C21H27N5O. The fraction of sp³-hybridized carbons (Fsp3) is 0.333. The molecule has 2 aromatic rings. The largest absolute Gasteiger partial charge is 0.397 e. The van der Waals surface area contributed by atoms with Crippen molar-refractivity contribution in [2.45, 2.75) is 6.92 Å². The molecule has 1 fully saturated rings. The maximum atomic E-state index is 12.7. The predicted molar refractivity (Wildman–Crippen MR) is 108 cm³/mol. The van der Waals surface area contributed by atoms with Crippen LogP contribution in [0.3, 0.4) is 0 Å². The summed E-state index contributed by atoms with van der Waals surface area (Å²) < 4.78 is 0. The number of benzene rings is 1. The van der Waals surface area contributed by atoms with Gasteiger partial charge in [-0.05, 0) is 24.6 Å². The zero-order valence-corrected chi connectivity index (χ0v) is 16.0. The van der Waals surface area contributed by atoms with E-state index in [2.05, 4.69) is 10.3 Å². The molecule has 6 heteroatoms. The number of rotatable bonds is 5. The normalized spacial score (nSPS) is 15.3. The number of pyridine rings is 1. The highest BCUT2D eigenvalue weighted by Gasteiger charge is 2.21. The Hall–Kier alpha value is -2.86. The number of amides is 1. The Kier molecular flexibility index (Phi) is 6.08. The first kappa shape index (κ1) is 18.9. The summed E-state index contributed by atoms with van der Waals surface area (Å²) in [4.78, 5) is 20.7. The highest BCUT2D eigenvalue weighted by molar-refractivity contribution is 5.90. The standard InChI is InChI=1S/C21H27N5O/c1-16-3-5-17(6-4-16)20(22)21(18-7-9-23-10-8-18)25(2)15-19(27)26-13-11-24-12-14-26/h3-10,24H,11-15,22H2,1-2H3/b21-20-. The van der Waals surface area contributed by atoms with Crippen molar-refractivity contribution in [1.29, 1.82) is 0 Å². The summed E-state index contributed by atoms with van der Waals surface area (Å²) in [5.74, 6) is 0.113. The smallest absolute Gasteiger partial charge is 0.242 e. The van der Waals surface area contributed by atoms with Crippen LogP contribution in [-0.2, 0) is 4.79 Å². The second-order valence-electron chi connectivity index (χ2n) is 6.85. The fourth-order valence-corrected chi connectivity index (χ4v) is 3.26. The molecule has 6 nitrogen and oxygen atoms in total. The topological polar surface area (TPSA) is 74.5 Å². The highest BCUT2D eigenvalue weighted by atomic mass is 16.2. The van der Waals surface area contributed by atoms with Gasteiger partial charge in [-0.25, -0.2) is 0 Å². The van der Waals surface area contributed by atoms with Gasteiger partial charge in [0.1, 0.15) is 0 Å². The van der Waals surface area contributed by atoms with E-state index >= 15 is 0 Å². The molecule has 2 heterocycles. The summed E-state index contributed by atoms with van der Waals surface area (Å²) in [6.07, 6.45) is 3.48. The Morgan fingerprint density at radius 3 is 2.37 bits per heavy atom. The molecule has 1 aromatic heterocycles. The number of aryl methyl sites for hydroxylation is 1. The second-order valence-corrected chi connectivity index (χ2v) is 6.85. The van der Waals surface area contributed by atoms with Crippen molar-refractivity contribution < 1.29 is 4.79 Å². The fourth-order valence-electron chi connectivity index (χ4n) is 3.26. The van der Waals surface area contributed by atoms with Crippen LogP contribution in [0.2, 0.25) is 0 Å². The van der Waals surface area contributed by atoms with Crippen molar-refractivity contribution in [3.05, 3.63) is 65.5 Å². The summed E-state index contributed by atoms with van der Waals surface area (Å²) >= 11 is 0. The van der Waals surface area contributed by atoms with Gasteiger partial charge >= 0.3 is 0 Å². The average Bonchev–Trinajstić information content (AvgIpc) is 2.70. The van der Waals surface area contributed by atoms with Crippen molar-refractivity contribution >= 4 is 17.3 Å². The molecule has 0 spiro atoms. The number of nitrogens with one attached hydrogen (secondary N) is 1. The zero-order chi connectivity index (χ0) is 19.2. The van der Waals surface area contributed by atoms with Crippen LogP contribution in [0.5, 0.6) is 0 Å². The lowest BCUT2D eigenvalue weighted by Gasteiger charge is -2.31. The third kappa shape index (κ3) is 4.65. The summed E-state index contributed by atoms with van der Waals surface area (Å²) in [6, 6.07) is 11.9. The van der Waals surface area contributed by atoms with Crippen molar-refractivity contribution in [1.82, 2.24) is 20.1 Å². The molecule has 1 aliphatic heterocycles. The number of likely N-dealkylation sites (N-methyl/N-ethyl adjacent to an activating group) is 1. The van der Waals surface area contributed by atoms with Crippen molar-refractivity contribution in [3.8, 4) is 0 Å². The number of carbonyl (C=O) groups excluding carboxylic acids is 1. The van der Waals surface area contributed by atoms with Crippen LogP contribution in [0.1, 0.15) is 16.7 Å². The Bertz CT molecular complexity index is 795. The van der Waals surface area contributed by atoms with Crippen molar-refractivity contribution in [2.24, 2.45) is 5.73 Å². The van der Waals surface area contributed by atoms with Crippen molar-refractivity contribution in [3.63, 3.8) is 0 Å². The Labute approximate surface area is 160 Å². The van der Waals surface area contributed by atoms with E-state index in [1.807, 2.05) is 60.2 Å². The average molecular weight is 365 g/mol. The maximum absolute atomic E-state index is 12.7. The molecule has 27 heavy (non-hydrogen) atoms. The van der Waals surface area contributed by atoms with Gasteiger partial charge in [0, 0.05) is 51.2 Å². The van der Waals surface area contributed by atoms with Gasteiger partial charge < -0.3 is 20.9 Å². The zero-order valence-electron chi connectivity index (χ0n) is 16.0. The minimum atomic E-state index is 0.113. The minimum absolute atomic E-state index is 0.113. The lowest BCUT2D eigenvalue weighted by molar-refractivity contribution is -0.132. The van der Waals surface area contributed by atoms with E-state index in [0.29, 0.717) is 5.70 Å². The van der Waals surface area contributed by atoms with Gasteiger partial charge in [0.15, 0.2) is 0 Å². The van der Waals surface area contributed by atoms with Gasteiger partial charge in [0.25, 0.3) is 0 Å². The third-order valence-corrected chi connectivity index (χ3v) is 4.80. The van der Waals surface area contributed by atoms with E-state index in [-0.39, 0.29) is 12.5 Å². The van der Waals surface area contributed by atoms with E-state index in [4.69, 9.17) is 5.73 Å². The second kappa shape index (κ2) is 8.68. The van der Waals surface area contributed by atoms with E-state index in [1.54, 1.807) is 12.4 Å². The molecule has 0 unspecified atom stereocenters. The molecule has 3 N–H and O–H groups in total. The van der Waals surface area contributed by atoms with Gasteiger partial charge in [-0.15, -0.1) is 0 Å². The van der Waals surface area contributed by atoms with E-state index in [0.717, 1.165) is 43.0 Å². The first-order valence-electron chi connectivity index (χ1n) is 9.23. The first-order chi connectivity index (χ1) is 13.1. The molecule has 1 amide bonds.